The number of rotatable bonds is 8. The fourth-order valence-corrected chi connectivity index (χ4v) is 2.16. The van der Waals surface area contributed by atoms with Crippen LogP contribution >= 0.6 is 0 Å². The summed E-state index contributed by atoms with van der Waals surface area (Å²) in [5.74, 6) is 0.603. The lowest BCUT2D eigenvalue weighted by atomic mass is 9.98. The Kier molecular flexibility index (Phi) is 6.22. The van der Waals surface area contributed by atoms with Gasteiger partial charge in [0, 0.05) is 33.0 Å². The van der Waals surface area contributed by atoms with Crippen LogP contribution in [-0.2, 0) is 18.2 Å². The highest BCUT2D eigenvalue weighted by atomic mass is 16.5. The van der Waals surface area contributed by atoms with Crippen LogP contribution in [0.2, 0.25) is 0 Å². The molecule has 17 heavy (non-hydrogen) atoms. The molecule has 98 valence electrons. The molecule has 0 aliphatic heterocycles. The highest BCUT2D eigenvalue weighted by Crippen LogP contribution is 2.12. The van der Waals surface area contributed by atoms with Gasteiger partial charge in [-0.05, 0) is 37.8 Å². The second kappa shape index (κ2) is 7.45. The molecule has 0 spiro atoms. The average Bonchev–Trinajstić information content (AvgIpc) is 2.70. The zero-order valence-corrected chi connectivity index (χ0v) is 11.4. The number of nitrogens with one attached hydrogen (secondary N) is 1. The van der Waals surface area contributed by atoms with Gasteiger partial charge in [-0.15, -0.1) is 0 Å². The van der Waals surface area contributed by atoms with Gasteiger partial charge >= 0.3 is 0 Å². The number of methoxy groups -OCH3 is 1. The van der Waals surface area contributed by atoms with E-state index in [1.165, 1.54) is 5.56 Å². The molecule has 1 aromatic heterocycles. The third kappa shape index (κ3) is 5.33. The molecular weight excluding hydrogens is 214 g/mol. The van der Waals surface area contributed by atoms with Crippen molar-refractivity contribution < 1.29 is 4.74 Å². The van der Waals surface area contributed by atoms with Gasteiger partial charge in [-0.2, -0.15) is 5.10 Å². The van der Waals surface area contributed by atoms with E-state index < -0.39 is 0 Å². The molecule has 1 rings (SSSR count). The van der Waals surface area contributed by atoms with Crippen LogP contribution in [0.15, 0.2) is 12.4 Å². The maximum atomic E-state index is 5.17. The molecule has 0 aromatic carbocycles. The van der Waals surface area contributed by atoms with Gasteiger partial charge < -0.3 is 10.1 Å². The summed E-state index contributed by atoms with van der Waals surface area (Å²) in [6, 6.07) is 0.556. The Hall–Kier alpha value is -0.870. The molecule has 0 aliphatic rings. The second-order valence-corrected chi connectivity index (χ2v) is 4.84. The van der Waals surface area contributed by atoms with E-state index in [9.17, 15) is 0 Å². The third-order valence-corrected chi connectivity index (χ3v) is 3.09. The summed E-state index contributed by atoms with van der Waals surface area (Å²) in [5.41, 5.74) is 1.31. The summed E-state index contributed by atoms with van der Waals surface area (Å²) in [6.45, 7) is 3.07. The Morgan fingerprint density at radius 2 is 2.29 bits per heavy atom. The normalized spacial score (nSPS) is 14.8. The first-order valence-corrected chi connectivity index (χ1v) is 6.29. The van der Waals surface area contributed by atoms with Crippen molar-refractivity contribution in [3.63, 3.8) is 0 Å². The molecule has 0 radical (unpaired) electrons. The van der Waals surface area contributed by atoms with Crippen LogP contribution in [0.3, 0.4) is 0 Å². The van der Waals surface area contributed by atoms with Crippen molar-refractivity contribution in [2.24, 2.45) is 13.0 Å². The predicted octanol–water partition coefficient (Wildman–Crippen LogP) is 1.61. The van der Waals surface area contributed by atoms with Gasteiger partial charge in [-0.25, -0.2) is 0 Å². The number of nitrogens with zero attached hydrogens (tertiary/aromatic N) is 2. The van der Waals surface area contributed by atoms with Crippen LogP contribution in [0.4, 0.5) is 0 Å². The summed E-state index contributed by atoms with van der Waals surface area (Å²) < 4.78 is 7.03. The highest BCUT2D eigenvalue weighted by Gasteiger charge is 2.11. The van der Waals surface area contributed by atoms with Crippen LogP contribution in [0.1, 0.15) is 25.3 Å². The lowest BCUT2D eigenvalue weighted by Gasteiger charge is -2.19. The lowest BCUT2D eigenvalue weighted by molar-refractivity contribution is 0.149. The molecular formula is C13H25N3O. The van der Waals surface area contributed by atoms with Gasteiger partial charge in [0.05, 0.1) is 6.20 Å². The topological polar surface area (TPSA) is 39.1 Å². The first-order chi connectivity index (χ1) is 8.15. The Balaban J connectivity index is 2.31. The number of aryl methyl sites for hydroxylation is 2. The molecule has 1 aromatic rings. The van der Waals surface area contributed by atoms with Crippen LogP contribution in [0.5, 0.6) is 0 Å². The standard InChI is InChI=1S/C13H25N3O/c1-11(10-17-4)7-13(14-2)6-5-12-8-15-16(3)9-12/h8-9,11,13-14H,5-7,10H2,1-4H3. The van der Waals surface area contributed by atoms with E-state index in [0.717, 1.165) is 25.9 Å². The molecule has 0 aliphatic carbocycles. The highest BCUT2D eigenvalue weighted by molar-refractivity contribution is 5.03. The zero-order chi connectivity index (χ0) is 12.7. The predicted molar refractivity (Wildman–Crippen MR) is 70.0 cm³/mol. The van der Waals surface area contributed by atoms with Crippen molar-refractivity contribution in [2.75, 3.05) is 20.8 Å². The largest absolute Gasteiger partial charge is 0.384 e. The molecule has 0 saturated heterocycles. The van der Waals surface area contributed by atoms with Crippen molar-refractivity contribution in [3.8, 4) is 0 Å². The molecule has 4 heteroatoms. The molecule has 0 amide bonds. The van der Waals surface area contributed by atoms with Crippen LogP contribution in [0.25, 0.3) is 0 Å². The third-order valence-electron chi connectivity index (χ3n) is 3.09. The van der Waals surface area contributed by atoms with Crippen molar-refractivity contribution in [1.82, 2.24) is 15.1 Å². The maximum Gasteiger partial charge on any atom is 0.0521 e. The summed E-state index contributed by atoms with van der Waals surface area (Å²) in [7, 11) is 5.76. The summed E-state index contributed by atoms with van der Waals surface area (Å²) >= 11 is 0. The second-order valence-electron chi connectivity index (χ2n) is 4.84. The monoisotopic (exact) mass is 239 g/mol. The fourth-order valence-electron chi connectivity index (χ4n) is 2.16. The lowest BCUT2D eigenvalue weighted by Crippen LogP contribution is -2.28. The van der Waals surface area contributed by atoms with Gasteiger partial charge in [0.25, 0.3) is 0 Å². The molecule has 1 heterocycles. The smallest absolute Gasteiger partial charge is 0.0521 e. The molecule has 0 fully saturated rings. The number of hydrogen-bond donors (Lipinski definition) is 1. The van der Waals surface area contributed by atoms with Crippen molar-refractivity contribution in [3.05, 3.63) is 18.0 Å². The summed E-state index contributed by atoms with van der Waals surface area (Å²) in [4.78, 5) is 0. The summed E-state index contributed by atoms with van der Waals surface area (Å²) in [5, 5.41) is 7.57. The first-order valence-electron chi connectivity index (χ1n) is 6.29. The van der Waals surface area contributed by atoms with Crippen molar-refractivity contribution >= 4 is 0 Å². The molecule has 1 N–H and O–H groups in total. The summed E-state index contributed by atoms with van der Waals surface area (Å²) in [6.07, 6.45) is 7.43. The van der Waals surface area contributed by atoms with Crippen molar-refractivity contribution in [2.45, 2.75) is 32.2 Å². The number of ether oxygens (including phenoxy) is 1. The number of hydrogen-bond acceptors (Lipinski definition) is 3. The first kappa shape index (κ1) is 14.2. The van der Waals surface area contributed by atoms with E-state index in [-0.39, 0.29) is 0 Å². The Labute approximate surface area is 104 Å². The van der Waals surface area contributed by atoms with Crippen LogP contribution in [-0.4, -0.2) is 36.6 Å². The van der Waals surface area contributed by atoms with Crippen LogP contribution in [0, 0.1) is 5.92 Å². The Morgan fingerprint density at radius 3 is 2.82 bits per heavy atom. The molecule has 4 nitrogen and oxygen atoms in total. The van der Waals surface area contributed by atoms with E-state index in [2.05, 4.69) is 23.5 Å². The van der Waals surface area contributed by atoms with E-state index in [0.29, 0.717) is 12.0 Å². The van der Waals surface area contributed by atoms with E-state index >= 15 is 0 Å². The zero-order valence-electron chi connectivity index (χ0n) is 11.4. The molecule has 0 saturated carbocycles. The molecule has 2 unspecified atom stereocenters. The Morgan fingerprint density at radius 1 is 1.53 bits per heavy atom. The minimum Gasteiger partial charge on any atom is -0.384 e. The van der Waals surface area contributed by atoms with Crippen molar-refractivity contribution in [1.29, 1.82) is 0 Å². The SMILES string of the molecule is CNC(CCc1cnn(C)c1)CC(C)COC. The van der Waals surface area contributed by atoms with Gasteiger partial charge in [-0.1, -0.05) is 6.92 Å². The minimum atomic E-state index is 0.556. The van der Waals surface area contributed by atoms with Gasteiger partial charge in [-0.3, -0.25) is 4.68 Å². The number of aromatic nitrogens is 2. The van der Waals surface area contributed by atoms with Crippen LogP contribution < -0.4 is 5.32 Å². The molecule has 0 bridgehead atoms. The van der Waals surface area contributed by atoms with Gasteiger partial charge in [0.1, 0.15) is 0 Å². The van der Waals surface area contributed by atoms with Gasteiger partial charge in [0.15, 0.2) is 0 Å². The quantitative estimate of drug-likeness (QED) is 0.749. The van der Waals surface area contributed by atoms with Gasteiger partial charge in [0.2, 0.25) is 0 Å². The van der Waals surface area contributed by atoms with E-state index in [4.69, 9.17) is 4.74 Å². The minimum absolute atomic E-state index is 0.556. The van der Waals surface area contributed by atoms with E-state index in [1.807, 2.05) is 25.0 Å². The van der Waals surface area contributed by atoms with E-state index in [1.54, 1.807) is 7.11 Å². The maximum absolute atomic E-state index is 5.17. The fraction of sp³-hybridized carbons (Fsp3) is 0.769. The molecule has 2 atom stereocenters. The average molecular weight is 239 g/mol. The Bertz CT molecular complexity index is 311.